The third-order valence-electron chi connectivity index (χ3n) is 26.1. The minimum Gasteiger partial charge on any atom is -0.277 e. The number of imide groups is 2. The maximum atomic E-state index is 15.1. The molecule has 2 aliphatic heterocycles. The third kappa shape index (κ3) is 13.3. The van der Waals surface area contributed by atoms with Crippen molar-refractivity contribution in [1.82, 2.24) is 27.3 Å². The van der Waals surface area contributed by atoms with Crippen molar-refractivity contribution in [2.45, 2.75) is 210 Å². The Morgan fingerprint density at radius 2 is 0.628 bits per heavy atom. The van der Waals surface area contributed by atoms with E-state index in [2.05, 4.69) is 222 Å². The number of thiophene rings is 9. The number of benzene rings is 3. The second-order valence-corrected chi connectivity index (χ2v) is 46.2. The highest BCUT2D eigenvalue weighted by molar-refractivity contribution is 7.29. The SMILES string of the molecule is CCCCC(CC)Cc1ccc(-c2c3cc(C(C)(C)C(C)(C)C)sc3c(-c3ccc(CC(CC)CCCC)s3)c3cc(-c4ccc(-c5c6c(c(-c7ccc(C(C)(C)C(C)(C)c8ccc(-c9ccc(-c%10c%11c(c(-c%12ccc(C(C)(C)C(C)(C)C)s%12)c%12nsnc%10%12)C(=O)N(C)C%11=O)s9)s8)s7)c7nsnc57)C(=O)N(C)C6=O)s4)sc23)s1. The van der Waals surface area contributed by atoms with E-state index in [1.807, 2.05) is 45.3 Å². The minimum atomic E-state index is -0.449. The number of carbonyl (C=O) groups is 4. The highest BCUT2D eigenvalue weighted by atomic mass is 32.1. The van der Waals surface area contributed by atoms with Crippen molar-refractivity contribution in [3.05, 3.63) is 149 Å². The van der Waals surface area contributed by atoms with Gasteiger partial charge in [-0.2, -0.15) is 17.5 Å². The fraction of sp³-hybridized carbons (Fsp3) is 0.413. The molecule has 13 heterocycles. The van der Waals surface area contributed by atoms with Crippen molar-refractivity contribution >= 4 is 191 Å². The molecule has 0 N–H and O–H groups in total. The molecule has 2 unspecified atom stereocenters. The summed E-state index contributed by atoms with van der Waals surface area (Å²) in [6.45, 7) is 41.8. The molecule has 21 heteroatoms. The molecular weight excluding hydrogens is 1610 g/mol. The van der Waals surface area contributed by atoms with Crippen LogP contribution in [0.25, 0.3) is 124 Å². The number of nitrogens with zero attached hydrogens (tertiary/aromatic N) is 6. The van der Waals surface area contributed by atoms with E-state index in [9.17, 15) is 9.59 Å². The molecular formula is C92H98N6O4S11. The van der Waals surface area contributed by atoms with Gasteiger partial charge in [-0.05, 0) is 133 Å². The molecule has 3 aromatic carbocycles. The van der Waals surface area contributed by atoms with Gasteiger partial charge in [0, 0.05) is 167 Å². The van der Waals surface area contributed by atoms with Crippen LogP contribution in [0.1, 0.15) is 247 Å². The molecule has 0 saturated heterocycles. The molecule has 2 atom stereocenters. The van der Waals surface area contributed by atoms with Gasteiger partial charge >= 0.3 is 0 Å². The first-order valence-corrected chi connectivity index (χ1v) is 48.5. The van der Waals surface area contributed by atoms with E-state index in [1.54, 1.807) is 70.8 Å². The van der Waals surface area contributed by atoms with Crippen molar-refractivity contribution < 1.29 is 19.2 Å². The Labute approximate surface area is 709 Å². The van der Waals surface area contributed by atoms with E-state index in [-0.39, 0.29) is 45.3 Å². The second-order valence-electron chi connectivity index (χ2n) is 35.3. The largest absolute Gasteiger partial charge is 0.277 e. The quantitative estimate of drug-likeness (QED) is 0.0518. The highest BCUT2D eigenvalue weighted by Gasteiger charge is 2.47. The first-order valence-electron chi connectivity index (χ1n) is 39.7. The van der Waals surface area contributed by atoms with Crippen LogP contribution in [0.5, 0.6) is 0 Å². The Kier molecular flexibility index (Phi) is 21.1. The predicted molar refractivity (Wildman–Crippen MR) is 492 cm³/mol. The van der Waals surface area contributed by atoms with Crippen LogP contribution in [0, 0.1) is 22.7 Å². The Bertz CT molecular complexity index is 6000. The number of rotatable bonds is 25. The van der Waals surface area contributed by atoms with Crippen LogP contribution in [0.3, 0.4) is 0 Å². The molecule has 0 fully saturated rings. The van der Waals surface area contributed by atoms with Gasteiger partial charge in [0.1, 0.15) is 22.1 Å². The topological polar surface area (TPSA) is 126 Å². The molecule has 11 aromatic heterocycles. The van der Waals surface area contributed by atoms with E-state index in [0.717, 1.165) is 75.3 Å². The van der Waals surface area contributed by atoms with Gasteiger partial charge in [-0.3, -0.25) is 29.0 Å². The van der Waals surface area contributed by atoms with Gasteiger partial charge in [0.2, 0.25) is 0 Å². The van der Waals surface area contributed by atoms with Crippen LogP contribution >= 0.6 is 125 Å². The lowest BCUT2D eigenvalue weighted by atomic mass is 9.66. The average molecular weight is 1700 g/mol. The fourth-order valence-corrected chi connectivity index (χ4v) is 28.7. The van der Waals surface area contributed by atoms with Gasteiger partial charge < -0.3 is 0 Å². The molecule has 0 bridgehead atoms. The molecule has 2 aliphatic rings. The number of fused-ring (bicyclic) bond motifs is 6. The monoisotopic (exact) mass is 1700 g/mol. The predicted octanol–water partition coefficient (Wildman–Crippen LogP) is 29.8. The smallest absolute Gasteiger partial charge is 0.262 e. The van der Waals surface area contributed by atoms with Crippen LogP contribution in [-0.2, 0) is 34.5 Å². The molecule has 586 valence electrons. The van der Waals surface area contributed by atoms with E-state index in [4.69, 9.17) is 17.5 Å². The molecule has 10 nitrogen and oxygen atoms in total. The summed E-state index contributed by atoms with van der Waals surface area (Å²) in [5.41, 5.74) is 8.19. The zero-order chi connectivity index (χ0) is 80.2. The number of hydrogen-bond acceptors (Lipinski definition) is 19. The highest BCUT2D eigenvalue weighted by Crippen LogP contribution is 2.60. The summed E-state index contributed by atoms with van der Waals surface area (Å²) in [6, 6.07) is 36.2. The van der Waals surface area contributed by atoms with Crippen molar-refractivity contribution in [2.75, 3.05) is 14.1 Å². The standard InChI is InChI=1S/C92H98N6O4S11/c1-21-25-27-47(23-3)43-49-29-31-56(103-49)67-51-45-62(110-81(51)68(52-46-66(111-82(52)67)90(13,14)88(8,9)10)57-32-30-50(104-57)44-48(24-4)28-26-22-2)55-34-36-59(106-55)70-74-76(86(102)98(20)84(74)100)72(80-78(70)94-113-96-80)61-39-42-65(109-61)92(17,18)91(15,16)64-40-37-54(107-64)53-33-35-58(105-53)69-73-75(85(101)97(19)83(73)99)71(79-77(69)93-112-95-79)60-38-41-63(108-60)89(11,12)87(5,6)7/h29-42,45-48H,21-28,43-44H2,1-20H3. The summed E-state index contributed by atoms with van der Waals surface area (Å²) < 4.78 is 22.5. The van der Waals surface area contributed by atoms with Gasteiger partial charge in [0.05, 0.1) is 45.7 Å². The Hall–Kier alpha value is -6.60. The van der Waals surface area contributed by atoms with Crippen LogP contribution in [0.15, 0.2) is 97.1 Å². The molecule has 0 saturated carbocycles. The Morgan fingerprint density at radius 1 is 0.319 bits per heavy atom. The van der Waals surface area contributed by atoms with E-state index < -0.39 is 10.8 Å². The van der Waals surface area contributed by atoms with Gasteiger partial charge in [-0.15, -0.1) is 102 Å². The lowest BCUT2D eigenvalue weighted by Crippen LogP contribution is -2.39. The fourth-order valence-electron chi connectivity index (χ4n) is 16.1. The summed E-state index contributed by atoms with van der Waals surface area (Å²) in [6.07, 6.45) is 12.0. The van der Waals surface area contributed by atoms with Gasteiger partial charge in [0.25, 0.3) is 23.6 Å². The summed E-state index contributed by atoms with van der Waals surface area (Å²) >= 11 is 18.4. The maximum Gasteiger partial charge on any atom is 0.262 e. The maximum absolute atomic E-state index is 15.1. The normalized spacial score (nSPS) is 14.7. The van der Waals surface area contributed by atoms with Gasteiger partial charge in [-0.1, -0.05) is 176 Å². The number of unbranched alkanes of at least 4 members (excludes halogenated alkanes) is 2. The van der Waals surface area contributed by atoms with Gasteiger partial charge in [-0.25, -0.2) is 0 Å². The van der Waals surface area contributed by atoms with E-state index in [0.29, 0.717) is 78.4 Å². The second kappa shape index (κ2) is 29.8. The van der Waals surface area contributed by atoms with Crippen molar-refractivity contribution in [2.24, 2.45) is 22.7 Å². The molecule has 16 rings (SSSR count). The zero-order valence-corrected chi connectivity index (χ0v) is 77.3. The molecule has 14 aromatic rings. The number of carbonyl (C=O) groups excluding carboxylic acids is 4. The first kappa shape index (κ1) is 80.2. The van der Waals surface area contributed by atoms with E-state index >= 15 is 9.59 Å². The third-order valence-corrected chi connectivity index (χ3v) is 38.9. The molecule has 0 spiro atoms. The van der Waals surface area contributed by atoms with Gasteiger partial charge in [0.15, 0.2) is 0 Å². The van der Waals surface area contributed by atoms with Crippen molar-refractivity contribution in [3.63, 3.8) is 0 Å². The number of amides is 4. The number of aromatic nitrogens is 4. The van der Waals surface area contributed by atoms with Crippen LogP contribution < -0.4 is 0 Å². The molecule has 0 radical (unpaired) electrons. The molecule has 4 amide bonds. The molecule has 0 aliphatic carbocycles. The Balaban J connectivity index is 0.751. The van der Waals surface area contributed by atoms with Crippen LogP contribution in [0.2, 0.25) is 0 Å². The average Bonchev–Trinajstić information content (AvgIpc) is 1.56. The van der Waals surface area contributed by atoms with Crippen LogP contribution in [-0.4, -0.2) is 65.0 Å². The first-order chi connectivity index (χ1) is 53.6. The van der Waals surface area contributed by atoms with Crippen molar-refractivity contribution in [3.8, 4) is 82.2 Å². The zero-order valence-electron chi connectivity index (χ0n) is 68.3. The summed E-state index contributed by atoms with van der Waals surface area (Å²) in [7, 11) is 3.17. The summed E-state index contributed by atoms with van der Waals surface area (Å²) in [5, 5.41) is 2.62. The van der Waals surface area contributed by atoms with E-state index in [1.165, 1.54) is 131 Å². The lowest BCUT2D eigenvalue weighted by molar-refractivity contribution is 0.0678. The summed E-state index contributed by atoms with van der Waals surface area (Å²) in [5.74, 6) is -0.0380. The number of hydrogen-bond donors (Lipinski definition) is 0. The lowest BCUT2D eigenvalue weighted by Gasteiger charge is -2.40. The molecule has 113 heavy (non-hydrogen) atoms. The van der Waals surface area contributed by atoms with Crippen molar-refractivity contribution in [1.29, 1.82) is 0 Å². The van der Waals surface area contributed by atoms with Crippen LogP contribution in [0.4, 0.5) is 0 Å². The summed E-state index contributed by atoms with van der Waals surface area (Å²) in [4.78, 5) is 79.8. The minimum absolute atomic E-state index is 0.0147. The Morgan fingerprint density at radius 3 is 1.03 bits per heavy atom.